The van der Waals surface area contributed by atoms with Crippen molar-refractivity contribution in [2.24, 2.45) is 0 Å². The number of likely N-dealkylation sites (tertiary alicyclic amines) is 1. The lowest BCUT2D eigenvalue weighted by Gasteiger charge is -2.39. The maximum absolute atomic E-state index is 12.1. The third-order valence-electron chi connectivity index (χ3n) is 4.41. The molecule has 8 heteroatoms. The van der Waals surface area contributed by atoms with Crippen molar-refractivity contribution in [1.82, 2.24) is 9.88 Å². The number of sulfone groups is 1. The molecule has 0 bridgehead atoms. The molecule has 0 aliphatic carbocycles. The molecule has 2 aromatic rings. The van der Waals surface area contributed by atoms with E-state index in [1.807, 2.05) is 26.8 Å². The van der Waals surface area contributed by atoms with Gasteiger partial charge in [-0.15, -0.1) is 0 Å². The van der Waals surface area contributed by atoms with Crippen molar-refractivity contribution < 1.29 is 17.9 Å². The van der Waals surface area contributed by atoms with E-state index in [2.05, 4.69) is 4.98 Å². The van der Waals surface area contributed by atoms with Crippen molar-refractivity contribution in [3.05, 3.63) is 47.1 Å². The van der Waals surface area contributed by atoms with E-state index in [1.165, 1.54) is 6.07 Å². The third kappa shape index (κ3) is 4.64. The highest BCUT2D eigenvalue weighted by molar-refractivity contribution is 7.90. The molecule has 0 radical (unpaired) electrons. The van der Waals surface area contributed by atoms with E-state index < -0.39 is 15.4 Å². The van der Waals surface area contributed by atoms with Gasteiger partial charge in [0.1, 0.15) is 5.60 Å². The van der Waals surface area contributed by atoms with E-state index in [0.717, 1.165) is 11.8 Å². The number of amides is 1. The van der Waals surface area contributed by atoms with Gasteiger partial charge in [-0.2, -0.15) is 0 Å². The Hall–Kier alpha value is -2.12. The van der Waals surface area contributed by atoms with Crippen LogP contribution in [0.4, 0.5) is 4.79 Å². The monoisotopic (exact) mass is 422 g/mol. The molecule has 0 saturated carbocycles. The van der Waals surface area contributed by atoms with E-state index in [9.17, 15) is 13.2 Å². The van der Waals surface area contributed by atoms with Crippen LogP contribution in [0.3, 0.4) is 0 Å². The summed E-state index contributed by atoms with van der Waals surface area (Å²) >= 11 is 5.96. The number of halogens is 1. The minimum atomic E-state index is -3.44. The van der Waals surface area contributed by atoms with E-state index in [4.69, 9.17) is 16.3 Å². The number of carbonyl (C=O) groups excluding carboxylic acids is 1. The molecule has 0 spiro atoms. The van der Waals surface area contributed by atoms with Crippen molar-refractivity contribution in [3.63, 3.8) is 0 Å². The Kier molecular flexibility index (Phi) is 5.42. The highest BCUT2D eigenvalue weighted by Crippen LogP contribution is 2.32. The van der Waals surface area contributed by atoms with Crippen LogP contribution in [-0.4, -0.2) is 49.3 Å². The smallest absolute Gasteiger partial charge is 0.410 e. The van der Waals surface area contributed by atoms with Crippen molar-refractivity contribution in [1.29, 1.82) is 0 Å². The molecule has 150 valence electrons. The molecular weight excluding hydrogens is 400 g/mol. The van der Waals surface area contributed by atoms with E-state index in [1.54, 1.807) is 29.3 Å². The summed E-state index contributed by atoms with van der Waals surface area (Å²) in [6.07, 6.45) is 2.57. The van der Waals surface area contributed by atoms with Crippen molar-refractivity contribution in [3.8, 4) is 11.3 Å². The molecule has 1 amide bonds. The lowest BCUT2D eigenvalue weighted by Crippen LogP contribution is -2.50. The molecule has 1 saturated heterocycles. The molecule has 2 heterocycles. The predicted molar refractivity (Wildman–Crippen MR) is 108 cm³/mol. The average molecular weight is 423 g/mol. The molecule has 0 unspecified atom stereocenters. The highest BCUT2D eigenvalue weighted by Gasteiger charge is 2.34. The Balaban J connectivity index is 1.74. The summed E-state index contributed by atoms with van der Waals surface area (Å²) in [5, 5.41) is 0.359. The first-order valence-electron chi connectivity index (χ1n) is 8.88. The molecular formula is C20H23ClN2O4S. The van der Waals surface area contributed by atoms with E-state index in [0.29, 0.717) is 29.4 Å². The van der Waals surface area contributed by atoms with Crippen molar-refractivity contribution in [2.75, 3.05) is 19.3 Å². The number of rotatable bonds is 3. The number of benzene rings is 1. The second kappa shape index (κ2) is 7.37. The molecule has 1 aromatic carbocycles. The maximum atomic E-state index is 12.1. The maximum Gasteiger partial charge on any atom is 0.410 e. The summed E-state index contributed by atoms with van der Waals surface area (Å²) in [6, 6.07) is 8.45. The van der Waals surface area contributed by atoms with Gasteiger partial charge in [-0.3, -0.25) is 4.98 Å². The van der Waals surface area contributed by atoms with Crippen molar-refractivity contribution >= 4 is 27.5 Å². The molecule has 1 aliphatic heterocycles. The van der Waals surface area contributed by atoms with Gasteiger partial charge in [0.15, 0.2) is 9.84 Å². The third-order valence-corrected chi connectivity index (χ3v) is 5.78. The van der Waals surface area contributed by atoms with Gasteiger partial charge in [-0.1, -0.05) is 23.7 Å². The molecule has 3 rings (SSSR count). The van der Waals surface area contributed by atoms with Gasteiger partial charge in [0.2, 0.25) is 0 Å². The van der Waals surface area contributed by atoms with Gasteiger partial charge in [-0.05, 0) is 44.5 Å². The fourth-order valence-electron chi connectivity index (χ4n) is 2.99. The lowest BCUT2D eigenvalue weighted by atomic mass is 9.93. The molecule has 1 fully saturated rings. The zero-order valence-electron chi connectivity index (χ0n) is 16.3. The number of aromatic nitrogens is 1. The minimum absolute atomic E-state index is 0.153. The number of hydrogen-bond donors (Lipinski definition) is 0. The van der Waals surface area contributed by atoms with Crippen LogP contribution in [0.1, 0.15) is 32.3 Å². The number of carbonyl (C=O) groups is 1. The van der Waals surface area contributed by atoms with E-state index >= 15 is 0 Å². The molecule has 1 aliphatic rings. The van der Waals surface area contributed by atoms with Gasteiger partial charge in [0.25, 0.3) is 0 Å². The quantitative estimate of drug-likeness (QED) is 0.742. The predicted octanol–water partition coefficient (Wildman–Crippen LogP) is 4.14. The molecule has 28 heavy (non-hydrogen) atoms. The summed E-state index contributed by atoms with van der Waals surface area (Å²) in [6.45, 7) is 6.67. The van der Waals surface area contributed by atoms with Gasteiger partial charge in [-0.25, -0.2) is 13.2 Å². The number of ether oxygens (including phenoxy) is 1. The van der Waals surface area contributed by atoms with Gasteiger partial charge in [0, 0.05) is 42.0 Å². The summed E-state index contributed by atoms with van der Waals surface area (Å²) in [5.74, 6) is 0.189. The van der Waals surface area contributed by atoms with Crippen LogP contribution < -0.4 is 0 Å². The van der Waals surface area contributed by atoms with Crippen LogP contribution in [0.15, 0.2) is 41.4 Å². The SMILES string of the molecule is CC(C)(C)OC(=O)N1CC(c2ccc(-c3ccc(Cl)cc3S(C)(=O)=O)nc2)C1. The van der Waals surface area contributed by atoms with Crippen LogP contribution in [0.2, 0.25) is 5.02 Å². The fraction of sp³-hybridized carbons (Fsp3) is 0.400. The first-order chi connectivity index (χ1) is 12.9. The zero-order valence-corrected chi connectivity index (χ0v) is 17.8. The topological polar surface area (TPSA) is 76.6 Å². The summed E-state index contributed by atoms with van der Waals surface area (Å²) in [5.41, 5.74) is 1.56. The van der Waals surface area contributed by atoms with Gasteiger partial charge in [0.05, 0.1) is 10.6 Å². The van der Waals surface area contributed by atoms with Crippen LogP contribution in [-0.2, 0) is 14.6 Å². The molecule has 0 N–H and O–H groups in total. The summed E-state index contributed by atoms with van der Waals surface area (Å²) in [4.78, 5) is 18.3. The van der Waals surface area contributed by atoms with Gasteiger partial charge < -0.3 is 9.64 Å². The molecule has 6 nitrogen and oxygen atoms in total. The molecule has 1 aromatic heterocycles. The number of nitrogens with zero attached hydrogens (tertiary/aromatic N) is 2. The number of pyridine rings is 1. The Morgan fingerprint density at radius 2 is 1.89 bits per heavy atom. The largest absolute Gasteiger partial charge is 0.444 e. The minimum Gasteiger partial charge on any atom is -0.444 e. The zero-order chi connectivity index (χ0) is 20.7. The fourth-order valence-corrected chi connectivity index (χ4v) is 4.14. The summed E-state index contributed by atoms with van der Waals surface area (Å²) in [7, 11) is -3.44. The normalized spacial score (nSPS) is 15.2. The summed E-state index contributed by atoms with van der Waals surface area (Å²) < 4.78 is 29.5. The Labute approximate surface area is 170 Å². The van der Waals surface area contributed by atoms with Crippen LogP contribution >= 0.6 is 11.6 Å². The Morgan fingerprint density at radius 1 is 1.21 bits per heavy atom. The first kappa shape index (κ1) is 20.6. The average Bonchev–Trinajstić information content (AvgIpc) is 2.51. The Morgan fingerprint density at radius 3 is 2.43 bits per heavy atom. The van der Waals surface area contributed by atoms with E-state index in [-0.39, 0.29) is 16.9 Å². The standard InChI is InChI=1S/C20H23ClN2O4S/c1-20(2,3)27-19(24)23-11-14(12-23)13-5-8-17(22-10-13)16-7-6-15(21)9-18(16)28(4,25)26/h5-10,14H,11-12H2,1-4H3. The number of hydrogen-bond acceptors (Lipinski definition) is 5. The highest BCUT2D eigenvalue weighted by atomic mass is 35.5. The van der Waals surface area contributed by atoms with Crippen LogP contribution in [0.5, 0.6) is 0 Å². The van der Waals surface area contributed by atoms with Crippen molar-refractivity contribution in [2.45, 2.75) is 37.2 Å². The van der Waals surface area contributed by atoms with Gasteiger partial charge >= 0.3 is 6.09 Å². The lowest BCUT2D eigenvalue weighted by molar-refractivity contribution is 0.00817. The second-order valence-electron chi connectivity index (χ2n) is 7.97. The second-order valence-corrected chi connectivity index (χ2v) is 10.4. The molecule has 0 atom stereocenters. The first-order valence-corrected chi connectivity index (χ1v) is 11.1. The Bertz CT molecular complexity index is 992. The van der Waals surface area contributed by atoms with Crippen LogP contribution in [0.25, 0.3) is 11.3 Å². The van der Waals surface area contributed by atoms with Crippen LogP contribution in [0, 0.1) is 0 Å².